The van der Waals surface area contributed by atoms with Gasteiger partial charge in [0, 0.05) is 5.56 Å². The third kappa shape index (κ3) is 5.60. The van der Waals surface area contributed by atoms with Crippen LogP contribution in [0.15, 0.2) is 24.3 Å². The molecule has 7 heteroatoms. The fraction of sp³-hybridized carbons (Fsp3) is 0.417. The van der Waals surface area contributed by atoms with Crippen LogP contribution in [0.25, 0.3) is 0 Å². The van der Waals surface area contributed by atoms with Crippen LogP contribution in [0.3, 0.4) is 0 Å². The van der Waals surface area contributed by atoms with Gasteiger partial charge in [0.05, 0.1) is 6.10 Å². The summed E-state index contributed by atoms with van der Waals surface area (Å²) in [5.41, 5.74) is 0.464. The highest BCUT2D eigenvalue weighted by Crippen LogP contribution is 2.24. The van der Waals surface area contributed by atoms with E-state index in [1.165, 1.54) is 13.0 Å². The van der Waals surface area contributed by atoms with Gasteiger partial charge in [0.1, 0.15) is 12.3 Å². The number of carbonyl (C=O) groups is 1. The Morgan fingerprint density at radius 1 is 1.42 bits per heavy atom. The lowest BCUT2D eigenvalue weighted by Crippen LogP contribution is -2.36. The second-order valence-electron chi connectivity index (χ2n) is 3.89. The lowest BCUT2D eigenvalue weighted by molar-refractivity contribution is -0.139. The van der Waals surface area contributed by atoms with E-state index in [9.17, 15) is 23.1 Å². The molecule has 19 heavy (non-hydrogen) atoms. The molecule has 0 aromatic heterocycles. The Balaban J connectivity index is 2.51. The molecule has 106 valence electrons. The van der Waals surface area contributed by atoms with Gasteiger partial charge in [-0.05, 0) is 13.0 Å². The zero-order chi connectivity index (χ0) is 14.5. The van der Waals surface area contributed by atoms with Gasteiger partial charge in [-0.3, -0.25) is 4.79 Å². The van der Waals surface area contributed by atoms with E-state index in [1.54, 1.807) is 23.5 Å². The Morgan fingerprint density at radius 2 is 2.05 bits per heavy atom. The number of aliphatic hydroxyl groups is 1. The number of benzene rings is 1. The van der Waals surface area contributed by atoms with Crippen LogP contribution in [0, 0.1) is 0 Å². The molecule has 0 aliphatic heterocycles. The minimum atomic E-state index is -4.45. The highest BCUT2D eigenvalue weighted by molar-refractivity contribution is 5.77. The number of para-hydroxylation sites is 1. The van der Waals surface area contributed by atoms with E-state index in [0.29, 0.717) is 5.56 Å². The number of alkyl halides is 3. The van der Waals surface area contributed by atoms with Crippen LogP contribution >= 0.6 is 0 Å². The highest BCUT2D eigenvalue weighted by Gasteiger charge is 2.27. The van der Waals surface area contributed by atoms with Crippen LogP contribution < -0.4 is 10.1 Å². The molecule has 0 bridgehead atoms. The van der Waals surface area contributed by atoms with Crippen LogP contribution in [-0.4, -0.2) is 30.3 Å². The molecule has 1 atom stereocenters. The average Bonchev–Trinajstić information content (AvgIpc) is 2.33. The van der Waals surface area contributed by atoms with Gasteiger partial charge in [-0.25, -0.2) is 0 Å². The molecule has 0 radical (unpaired) electrons. The predicted octanol–water partition coefficient (Wildman–Crippen LogP) is 1.80. The molecule has 2 N–H and O–H groups in total. The molecule has 0 aliphatic carbocycles. The number of aliphatic hydroxyl groups excluding tert-OH is 1. The molecular formula is C12H14F3NO3. The van der Waals surface area contributed by atoms with Gasteiger partial charge in [-0.1, -0.05) is 18.2 Å². The molecule has 0 unspecified atom stereocenters. The van der Waals surface area contributed by atoms with Gasteiger partial charge < -0.3 is 15.2 Å². The summed E-state index contributed by atoms with van der Waals surface area (Å²) in [5.74, 6) is -0.614. The van der Waals surface area contributed by atoms with Crippen molar-refractivity contribution < 1.29 is 27.8 Å². The summed E-state index contributed by atoms with van der Waals surface area (Å²) in [7, 11) is 0. The summed E-state index contributed by atoms with van der Waals surface area (Å²) < 4.78 is 40.7. The zero-order valence-corrected chi connectivity index (χ0v) is 10.2. The van der Waals surface area contributed by atoms with Gasteiger partial charge >= 0.3 is 6.18 Å². The van der Waals surface area contributed by atoms with E-state index in [4.69, 9.17) is 4.74 Å². The van der Waals surface area contributed by atoms with Crippen molar-refractivity contribution in [2.75, 3.05) is 13.2 Å². The van der Waals surface area contributed by atoms with Crippen LogP contribution in [-0.2, 0) is 4.79 Å². The minimum Gasteiger partial charge on any atom is -0.483 e. The average molecular weight is 277 g/mol. The monoisotopic (exact) mass is 277 g/mol. The van der Waals surface area contributed by atoms with Gasteiger partial charge in [-0.2, -0.15) is 13.2 Å². The summed E-state index contributed by atoms with van der Waals surface area (Å²) in [4.78, 5) is 11.1. The number of hydrogen-bond acceptors (Lipinski definition) is 3. The molecule has 0 heterocycles. The van der Waals surface area contributed by atoms with Crippen LogP contribution in [0.1, 0.15) is 18.6 Å². The third-order valence-corrected chi connectivity index (χ3v) is 2.21. The number of amides is 1. The summed E-state index contributed by atoms with van der Waals surface area (Å²) >= 11 is 0. The minimum absolute atomic E-state index is 0.264. The van der Waals surface area contributed by atoms with Crippen molar-refractivity contribution in [2.45, 2.75) is 19.2 Å². The maximum atomic E-state index is 11.9. The van der Waals surface area contributed by atoms with E-state index in [-0.39, 0.29) is 5.75 Å². The third-order valence-electron chi connectivity index (χ3n) is 2.21. The quantitative estimate of drug-likeness (QED) is 0.862. The van der Waals surface area contributed by atoms with Crippen LogP contribution in [0.4, 0.5) is 13.2 Å². The van der Waals surface area contributed by atoms with Crippen LogP contribution in [0.2, 0.25) is 0 Å². The summed E-state index contributed by atoms with van der Waals surface area (Å²) in [6.45, 7) is -0.418. The molecule has 4 nitrogen and oxygen atoms in total. The van der Waals surface area contributed by atoms with Gasteiger partial charge in [0.25, 0.3) is 5.91 Å². The summed E-state index contributed by atoms with van der Waals surface area (Å²) in [5, 5.41) is 11.1. The smallest absolute Gasteiger partial charge is 0.405 e. The Hall–Kier alpha value is -1.76. The van der Waals surface area contributed by atoms with E-state index >= 15 is 0 Å². The largest absolute Gasteiger partial charge is 0.483 e. The lowest BCUT2D eigenvalue weighted by Gasteiger charge is -2.13. The lowest BCUT2D eigenvalue weighted by atomic mass is 10.1. The fourth-order valence-electron chi connectivity index (χ4n) is 1.35. The first-order chi connectivity index (χ1) is 8.79. The number of ether oxygens (including phenoxy) is 1. The molecule has 1 rings (SSSR count). The Kier molecular flexibility index (Phi) is 5.17. The molecule has 1 aromatic rings. The van der Waals surface area contributed by atoms with E-state index in [0.717, 1.165) is 0 Å². The normalized spacial score (nSPS) is 12.9. The zero-order valence-electron chi connectivity index (χ0n) is 10.2. The molecule has 1 amide bonds. The number of rotatable bonds is 5. The Morgan fingerprint density at radius 3 is 2.63 bits per heavy atom. The molecule has 0 aliphatic rings. The maximum absolute atomic E-state index is 11.9. The van der Waals surface area contributed by atoms with E-state index < -0.39 is 31.3 Å². The summed E-state index contributed by atoms with van der Waals surface area (Å²) in [6.07, 6.45) is -5.25. The van der Waals surface area contributed by atoms with Crippen molar-refractivity contribution >= 4 is 5.91 Å². The Bertz CT molecular complexity index is 432. The van der Waals surface area contributed by atoms with Gasteiger partial charge in [0.2, 0.25) is 0 Å². The Labute approximate surface area is 108 Å². The topological polar surface area (TPSA) is 58.6 Å². The molecule has 0 saturated heterocycles. The SMILES string of the molecule is C[C@@H](O)c1ccccc1OCC(=O)NCC(F)(F)F. The van der Waals surface area contributed by atoms with E-state index in [2.05, 4.69) is 0 Å². The molecule has 1 aromatic carbocycles. The first kappa shape index (κ1) is 15.3. The fourth-order valence-corrected chi connectivity index (χ4v) is 1.35. The first-order valence-corrected chi connectivity index (χ1v) is 5.53. The second kappa shape index (κ2) is 6.42. The first-order valence-electron chi connectivity index (χ1n) is 5.53. The molecule has 0 saturated carbocycles. The number of nitrogens with one attached hydrogen (secondary N) is 1. The van der Waals surface area contributed by atoms with Gasteiger partial charge in [-0.15, -0.1) is 0 Å². The standard InChI is InChI=1S/C12H14F3NO3/c1-8(17)9-4-2-3-5-10(9)19-6-11(18)16-7-12(13,14)15/h2-5,8,17H,6-7H2,1H3,(H,16,18)/t8-/m1/s1. The maximum Gasteiger partial charge on any atom is 0.405 e. The number of halogens is 3. The van der Waals surface area contributed by atoms with E-state index in [1.807, 2.05) is 0 Å². The van der Waals surface area contributed by atoms with Crippen molar-refractivity contribution in [3.8, 4) is 5.75 Å². The van der Waals surface area contributed by atoms with Crippen LogP contribution in [0.5, 0.6) is 5.75 Å². The summed E-state index contributed by atoms with van der Waals surface area (Å²) in [6, 6.07) is 6.44. The van der Waals surface area contributed by atoms with Crippen molar-refractivity contribution in [1.82, 2.24) is 5.32 Å². The highest BCUT2D eigenvalue weighted by atomic mass is 19.4. The van der Waals surface area contributed by atoms with Crippen molar-refractivity contribution in [3.05, 3.63) is 29.8 Å². The predicted molar refractivity (Wildman–Crippen MR) is 61.6 cm³/mol. The molecule has 0 fully saturated rings. The number of carbonyl (C=O) groups excluding carboxylic acids is 1. The second-order valence-corrected chi connectivity index (χ2v) is 3.89. The molecular weight excluding hydrogens is 263 g/mol. The molecule has 0 spiro atoms. The van der Waals surface area contributed by atoms with Crippen molar-refractivity contribution in [1.29, 1.82) is 0 Å². The van der Waals surface area contributed by atoms with Crippen molar-refractivity contribution in [2.24, 2.45) is 0 Å². The van der Waals surface area contributed by atoms with Gasteiger partial charge in [0.15, 0.2) is 6.61 Å². The van der Waals surface area contributed by atoms with Crippen molar-refractivity contribution in [3.63, 3.8) is 0 Å². The number of hydrogen-bond donors (Lipinski definition) is 2.